The second-order valence-corrected chi connectivity index (χ2v) is 8.88. The minimum Gasteiger partial charge on any atom is -0.337 e. The number of halogens is 3. The first-order valence-electron chi connectivity index (χ1n) is 11.5. The van der Waals surface area contributed by atoms with Crippen molar-refractivity contribution < 1.29 is 22.5 Å². The molecular weight excluding hydrogens is 445 g/mol. The summed E-state index contributed by atoms with van der Waals surface area (Å²) in [4.78, 5) is 21.3. The third-order valence-electron chi connectivity index (χ3n) is 6.74. The number of amides is 1. The normalized spacial score (nSPS) is 17.6. The Balaban J connectivity index is 1.22. The fraction of sp³-hybridized carbons (Fsp3) is 0.400. The molecule has 1 aliphatic carbocycles. The van der Waals surface area contributed by atoms with Gasteiger partial charge < -0.3 is 9.42 Å². The fourth-order valence-electron chi connectivity index (χ4n) is 4.71. The molecule has 1 aliphatic heterocycles. The molecular formula is C25H25F3N4O2. The van der Waals surface area contributed by atoms with Crippen LogP contribution in [0.15, 0.2) is 47.0 Å². The molecule has 1 atom stereocenters. The molecule has 1 saturated heterocycles. The molecule has 2 heterocycles. The number of aromatic nitrogens is 2. The second-order valence-electron chi connectivity index (χ2n) is 8.88. The predicted octanol–water partition coefficient (Wildman–Crippen LogP) is 4.76. The molecule has 2 aliphatic rings. The van der Waals surface area contributed by atoms with Crippen molar-refractivity contribution >= 4 is 5.91 Å². The van der Waals surface area contributed by atoms with Gasteiger partial charge in [0.25, 0.3) is 5.91 Å². The van der Waals surface area contributed by atoms with E-state index >= 15 is 0 Å². The number of hydrogen-bond acceptors (Lipinski definition) is 5. The van der Waals surface area contributed by atoms with E-state index in [9.17, 15) is 18.0 Å². The van der Waals surface area contributed by atoms with Crippen LogP contribution in [0.4, 0.5) is 13.2 Å². The summed E-state index contributed by atoms with van der Waals surface area (Å²) in [5.41, 5.74) is 2.87. The Morgan fingerprint density at radius 1 is 1.03 bits per heavy atom. The third-order valence-corrected chi connectivity index (χ3v) is 6.74. The second kappa shape index (κ2) is 8.87. The van der Waals surface area contributed by atoms with Crippen LogP contribution in [0, 0.1) is 0 Å². The summed E-state index contributed by atoms with van der Waals surface area (Å²) in [5.74, 6) is 0.510. The van der Waals surface area contributed by atoms with Gasteiger partial charge in [-0.3, -0.25) is 9.69 Å². The van der Waals surface area contributed by atoms with Crippen molar-refractivity contribution in [3.63, 3.8) is 0 Å². The maximum absolute atomic E-state index is 13.0. The van der Waals surface area contributed by atoms with Crippen LogP contribution in [0.3, 0.4) is 0 Å². The molecule has 178 valence electrons. The first kappa shape index (κ1) is 22.6. The number of fused-ring (bicyclic) bond motifs is 1. The van der Waals surface area contributed by atoms with E-state index in [0.29, 0.717) is 32.1 Å². The van der Waals surface area contributed by atoms with Gasteiger partial charge >= 0.3 is 6.18 Å². The summed E-state index contributed by atoms with van der Waals surface area (Å²) in [7, 11) is 0. The van der Waals surface area contributed by atoms with E-state index in [-0.39, 0.29) is 23.3 Å². The van der Waals surface area contributed by atoms with Gasteiger partial charge in [0.1, 0.15) is 0 Å². The highest BCUT2D eigenvalue weighted by Crippen LogP contribution is 2.32. The zero-order valence-corrected chi connectivity index (χ0v) is 18.8. The average Bonchev–Trinajstić information content (AvgIpc) is 3.52. The summed E-state index contributed by atoms with van der Waals surface area (Å²) in [6.07, 6.45) is -1.17. The number of nitrogens with zero attached hydrogens (tertiary/aromatic N) is 4. The molecule has 3 aromatic rings. The topological polar surface area (TPSA) is 62.5 Å². The summed E-state index contributed by atoms with van der Waals surface area (Å²) < 4.78 is 44.4. The number of rotatable bonds is 4. The number of hydrogen-bond donors (Lipinski definition) is 0. The van der Waals surface area contributed by atoms with Crippen molar-refractivity contribution in [1.82, 2.24) is 19.9 Å². The highest BCUT2D eigenvalue weighted by Gasteiger charge is 2.32. The Labute approximate surface area is 195 Å². The smallest absolute Gasteiger partial charge is 0.337 e. The molecule has 0 bridgehead atoms. The first-order chi connectivity index (χ1) is 16.3. The van der Waals surface area contributed by atoms with E-state index < -0.39 is 11.7 Å². The molecule has 0 N–H and O–H groups in total. The highest BCUT2D eigenvalue weighted by molar-refractivity contribution is 5.94. The fourth-order valence-corrected chi connectivity index (χ4v) is 4.71. The van der Waals surface area contributed by atoms with Crippen molar-refractivity contribution in [3.05, 3.63) is 70.6 Å². The lowest BCUT2D eigenvalue weighted by Crippen LogP contribution is -2.49. The van der Waals surface area contributed by atoms with E-state index in [4.69, 9.17) is 4.52 Å². The molecule has 5 rings (SSSR count). The predicted molar refractivity (Wildman–Crippen MR) is 119 cm³/mol. The van der Waals surface area contributed by atoms with Gasteiger partial charge in [-0.15, -0.1) is 0 Å². The van der Waals surface area contributed by atoms with Crippen molar-refractivity contribution in [2.24, 2.45) is 0 Å². The lowest BCUT2D eigenvalue weighted by Gasteiger charge is -2.36. The van der Waals surface area contributed by atoms with Crippen molar-refractivity contribution in [2.45, 2.75) is 38.4 Å². The van der Waals surface area contributed by atoms with Crippen LogP contribution in [0.5, 0.6) is 0 Å². The number of carbonyl (C=O) groups excluding carboxylic acids is 1. The summed E-state index contributed by atoms with van der Waals surface area (Å²) in [5, 5.41) is 3.89. The molecule has 1 unspecified atom stereocenters. The summed E-state index contributed by atoms with van der Waals surface area (Å²) >= 11 is 0. The number of benzene rings is 2. The maximum Gasteiger partial charge on any atom is 0.416 e. The zero-order valence-electron chi connectivity index (χ0n) is 18.8. The standard InChI is InChI=1S/C25H25F3N4O2/c1-16(23-29-22(30-34-23)19-6-3-7-21(15-19)25(26,27)28)31-10-12-32(13-11-31)24(33)20-9-8-17-4-2-5-18(17)14-20/h3,6-9,14-16H,2,4-5,10-13H2,1H3. The molecule has 0 spiro atoms. The molecule has 0 saturated carbocycles. The van der Waals surface area contributed by atoms with E-state index in [1.165, 1.54) is 23.3 Å². The Hall–Kier alpha value is -3.20. The van der Waals surface area contributed by atoms with Gasteiger partial charge in [-0.25, -0.2) is 0 Å². The summed E-state index contributed by atoms with van der Waals surface area (Å²) in [6, 6.07) is 10.7. The molecule has 9 heteroatoms. The quantitative estimate of drug-likeness (QED) is 0.550. The monoisotopic (exact) mass is 470 g/mol. The molecule has 1 aromatic heterocycles. The van der Waals surface area contributed by atoms with Crippen LogP contribution in [0.2, 0.25) is 0 Å². The van der Waals surface area contributed by atoms with E-state index in [1.54, 1.807) is 0 Å². The molecule has 1 amide bonds. The number of aryl methyl sites for hydroxylation is 2. The first-order valence-corrected chi connectivity index (χ1v) is 11.5. The van der Waals surface area contributed by atoms with Crippen molar-refractivity contribution in [2.75, 3.05) is 26.2 Å². The Morgan fingerprint density at radius 2 is 1.79 bits per heavy atom. The number of alkyl halides is 3. The van der Waals surface area contributed by atoms with E-state index in [0.717, 1.165) is 37.0 Å². The number of carbonyl (C=O) groups is 1. The van der Waals surface area contributed by atoms with Gasteiger partial charge in [0.2, 0.25) is 11.7 Å². The Morgan fingerprint density at radius 3 is 2.56 bits per heavy atom. The Kier molecular flexibility index (Phi) is 5.89. The number of piperazine rings is 1. The van der Waals surface area contributed by atoms with Gasteiger partial charge in [-0.05, 0) is 61.6 Å². The minimum atomic E-state index is -4.44. The molecule has 2 aromatic carbocycles. The zero-order chi connectivity index (χ0) is 23.9. The van der Waals surface area contributed by atoms with Crippen LogP contribution in [0.1, 0.15) is 52.3 Å². The van der Waals surface area contributed by atoms with Crippen LogP contribution < -0.4 is 0 Å². The lowest BCUT2D eigenvalue weighted by molar-refractivity contribution is -0.137. The largest absolute Gasteiger partial charge is 0.416 e. The minimum absolute atomic E-state index is 0.0478. The Bertz CT molecular complexity index is 1200. The summed E-state index contributed by atoms with van der Waals surface area (Å²) in [6.45, 7) is 4.35. The molecule has 0 radical (unpaired) electrons. The van der Waals surface area contributed by atoms with Gasteiger partial charge in [0.05, 0.1) is 11.6 Å². The van der Waals surface area contributed by atoms with Crippen LogP contribution in [-0.2, 0) is 19.0 Å². The van der Waals surface area contributed by atoms with Crippen molar-refractivity contribution in [1.29, 1.82) is 0 Å². The van der Waals surface area contributed by atoms with Crippen molar-refractivity contribution in [3.8, 4) is 11.4 Å². The third kappa shape index (κ3) is 4.44. The van der Waals surface area contributed by atoms with Crippen LogP contribution in [-0.4, -0.2) is 52.0 Å². The molecule has 1 fully saturated rings. The van der Waals surface area contributed by atoms with Gasteiger partial charge in [0, 0.05) is 37.3 Å². The van der Waals surface area contributed by atoms with Crippen LogP contribution >= 0.6 is 0 Å². The molecule has 34 heavy (non-hydrogen) atoms. The highest BCUT2D eigenvalue weighted by atomic mass is 19.4. The van der Waals surface area contributed by atoms with Crippen LogP contribution in [0.25, 0.3) is 11.4 Å². The SMILES string of the molecule is CC(c1nc(-c2cccc(C(F)(F)F)c2)no1)N1CCN(C(=O)c2ccc3c(c2)CCC3)CC1. The maximum atomic E-state index is 13.0. The van der Waals surface area contributed by atoms with Gasteiger partial charge in [-0.2, -0.15) is 18.2 Å². The lowest BCUT2D eigenvalue weighted by atomic mass is 10.1. The molecule has 6 nitrogen and oxygen atoms in total. The van der Waals surface area contributed by atoms with Gasteiger partial charge in [0.15, 0.2) is 0 Å². The van der Waals surface area contributed by atoms with E-state index in [2.05, 4.69) is 21.1 Å². The average molecular weight is 470 g/mol. The van der Waals surface area contributed by atoms with E-state index in [1.807, 2.05) is 24.0 Å². The van der Waals surface area contributed by atoms with Gasteiger partial charge in [-0.1, -0.05) is 23.4 Å².